The average Bonchev–Trinajstić information content (AvgIpc) is 3.25. The molecular formula is C15H16ClN3O3S. The number of benzene rings is 1. The van der Waals surface area contributed by atoms with Crippen LogP contribution in [0.3, 0.4) is 0 Å². The number of amides is 1. The van der Waals surface area contributed by atoms with E-state index in [2.05, 4.69) is 4.98 Å². The van der Waals surface area contributed by atoms with Crippen molar-refractivity contribution in [2.24, 2.45) is 5.73 Å². The fourth-order valence-corrected chi connectivity index (χ4v) is 3.54. The van der Waals surface area contributed by atoms with Crippen LogP contribution in [0.4, 0.5) is 0 Å². The molecule has 0 spiro atoms. The molecular weight excluding hydrogens is 338 g/mol. The first-order valence-corrected chi connectivity index (χ1v) is 7.93. The van der Waals surface area contributed by atoms with Crippen LogP contribution >= 0.6 is 23.7 Å². The van der Waals surface area contributed by atoms with Gasteiger partial charge in [-0.1, -0.05) is 0 Å². The number of hydrogen-bond acceptors (Lipinski definition) is 6. The molecule has 23 heavy (non-hydrogen) atoms. The highest BCUT2D eigenvalue weighted by atomic mass is 35.5. The summed E-state index contributed by atoms with van der Waals surface area (Å²) in [5.74, 6) is 1.46. The van der Waals surface area contributed by atoms with Gasteiger partial charge >= 0.3 is 0 Å². The lowest BCUT2D eigenvalue weighted by atomic mass is 10.2. The van der Waals surface area contributed by atoms with Gasteiger partial charge in [-0.25, -0.2) is 4.98 Å². The predicted octanol–water partition coefficient (Wildman–Crippen LogP) is 2.13. The molecule has 2 N–H and O–H groups in total. The van der Waals surface area contributed by atoms with E-state index in [1.165, 1.54) is 11.3 Å². The Morgan fingerprint density at radius 2 is 2.17 bits per heavy atom. The van der Waals surface area contributed by atoms with E-state index in [0.717, 1.165) is 29.3 Å². The predicted molar refractivity (Wildman–Crippen MR) is 89.4 cm³/mol. The number of carbonyl (C=O) groups excluding carboxylic acids is 1. The molecule has 6 nitrogen and oxygen atoms in total. The third-order valence-corrected chi connectivity index (χ3v) is 4.88. The van der Waals surface area contributed by atoms with Gasteiger partial charge in [0.2, 0.25) is 6.79 Å². The van der Waals surface area contributed by atoms with E-state index in [9.17, 15) is 4.79 Å². The highest BCUT2D eigenvalue weighted by Crippen LogP contribution is 2.37. The molecule has 1 aromatic heterocycles. The zero-order valence-electron chi connectivity index (χ0n) is 12.2. The van der Waals surface area contributed by atoms with Crippen molar-refractivity contribution in [2.45, 2.75) is 12.5 Å². The van der Waals surface area contributed by atoms with Gasteiger partial charge in [0.05, 0.1) is 6.20 Å². The number of rotatable bonds is 2. The summed E-state index contributed by atoms with van der Waals surface area (Å²) in [4.78, 5) is 19.2. The minimum absolute atomic E-state index is 0. The first-order chi connectivity index (χ1) is 10.7. The molecule has 1 atom stereocenters. The normalized spacial score (nSPS) is 18.8. The Morgan fingerprint density at radius 3 is 2.96 bits per heavy atom. The SMILES string of the molecule is Cl.N[C@@H]1CCN(C(=O)c2cnc(-c3ccc4c(c3)OCO4)s2)C1. The fourth-order valence-electron chi connectivity index (χ4n) is 2.66. The maximum atomic E-state index is 12.4. The number of ether oxygens (including phenoxy) is 2. The van der Waals surface area contributed by atoms with Crippen molar-refractivity contribution < 1.29 is 14.3 Å². The summed E-state index contributed by atoms with van der Waals surface area (Å²) in [5, 5.41) is 0.796. The van der Waals surface area contributed by atoms with Gasteiger partial charge < -0.3 is 20.1 Å². The van der Waals surface area contributed by atoms with Crippen LogP contribution in [0.1, 0.15) is 16.1 Å². The maximum absolute atomic E-state index is 12.4. The molecule has 2 aliphatic heterocycles. The Bertz CT molecular complexity index is 737. The molecule has 0 unspecified atom stereocenters. The average molecular weight is 354 g/mol. The summed E-state index contributed by atoms with van der Waals surface area (Å²) < 4.78 is 10.7. The molecule has 2 aliphatic rings. The molecule has 1 amide bonds. The van der Waals surface area contributed by atoms with E-state index < -0.39 is 0 Å². The second-order valence-electron chi connectivity index (χ2n) is 5.40. The molecule has 1 fully saturated rings. The van der Waals surface area contributed by atoms with Crippen LogP contribution in [-0.2, 0) is 0 Å². The standard InChI is InChI=1S/C15H15N3O3S.ClH/c16-10-3-4-18(7-10)15(19)13-6-17-14(22-13)9-1-2-11-12(5-9)21-8-20-11;/h1-2,5-6,10H,3-4,7-8,16H2;1H/t10-;/m1./s1. The summed E-state index contributed by atoms with van der Waals surface area (Å²) in [6.07, 6.45) is 2.50. The van der Waals surface area contributed by atoms with Gasteiger partial charge in [-0.15, -0.1) is 23.7 Å². The third-order valence-electron chi connectivity index (χ3n) is 3.85. The largest absolute Gasteiger partial charge is 0.454 e. The van der Waals surface area contributed by atoms with Gasteiger partial charge in [-0.3, -0.25) is 4.79 Å². The number of fused-ring (bicyclic) bond motifs is 1. The van der Waals surface area contributed by atoms with Crippen LogP contribution in [0.25, 0.3) is 10.6 Å². The lowest BCUT2D eigenvalue weighted by molar-refractivity contribution is 0.0795. The topological polar surface area (TPSA) is 77.7 Å². The van der Waals surface area contributed by atoms with Gasteiger partial charge in [0, 0.05) is 24.7 Å². The molecule has 2 aromatic rings. The fraction of sp³-hybridized carbons (Fsp3) is 0.333. The minimum Gasteiger partial charge on any atom is -0.454 e. The van der Waals surface area contributed by atoms with E-state index in [1.54, 1.807) is 11.1 Å². The third kappa shape index (κ3) is 2.99. The summed E-state index contributed by atoms with van der Waals surface area (Å²) in [6, 6.07) is 5.76. The van der Waals surface area contributed by atoms with Crippen LogP contribution < -0.4 is 15.2 Å². The highest BCUT2D eigenvalue weighted by Gasteiger charge is 2.26. The van der Waals surface area contributed by atoms with Crippen molar-refractivity contribution in [3.63, 3.8) is 0 Å². The first kappa shape index (κ1) is 16.0. The Morgan fingerprint density at radius 1 is 1.35 bits per heavy atom. The lowest BCUT2D eigenvalue weighted by Gasteiger charge is -2.13. The quantitative estimate of drug-likeness (QED) is 0.894. The highest BCUT2D eigenvalue weighted by molar-refractivity contribution is 7.16. The molecule has 0 saturated carbocycles. The number of halogens is 1. The Hall–Kier alpha value is -1.83. The van der Waals surface area contributed by atoms with Crippen LogP contribution in [0, 0.1) is 0 Å². The maximum Gasteiger partial charge on any atom is 0.265 e. The van der Waals surface area contributed by atoms with Crippen LogP contribution in [0.15, 0.2) is 24.4 Å². The number of nitrogens with two attached hydrogens (primary N) is 1. The van der Waals surface area contributed by atoms with Crippen molar-refractivity contribution in [2.75, 3.05) is 19.9 Å². The number of hydrogen-bond donors (Lipinski definition) is 1. The summed E-state index contributed by atoms with van der Waals surface area (Å²) in [7, 11) is 0. The van der Waals surface area contributed by atoms with Gasteiger partial charge in [0.15, 0.2) is 11.5 Å². The molecule has 1 aromatic carbocycles. The smallest absolute Gasteiger partial charge is 0.265 e. The Balaban J connectivity index is 0.00000156. The molecule has 1 saturated heterocycles. The van der Waals surface area contributed by atoms with Crippen LogP contribution in [0.5, 0.6) is 11.5 Å². The van der Waals surface area contributed by atoms with E-state index >= 15 is 0 Å². The molecule has 0 bridgehead atoms. The monoisotopic (exact) mass is 353 g/mol. The lowest BCUT2D eigenvalue weighted by Crippen LogP contribution is -2.31. The van der Waals surface area contributed by atoms with Gasteiger partial charge in [-0.05, 0) is 24.6 Å². The van der Waals surface area contributed by atoms with E-state index in [0.29, 0.717) is 17.2 Å². The number of aromatic nitrogens is 1. The molecule has 0 aliphatic carbocycles. The first-order valence-electron chi connectivity index (χ1n) is 7.11. The van der Waals surface area contributed by atoms with E-state index in [4.69, 9.17) is 15.2 Å². The zero-order chi connectivity index (χ0) is 15.1. The summed E-state index contributed by atoms with van der Waals surface area (Å²) >= 11 is 1.39. The molecule has 0 radical (unpaired) electrons. The van der Waals surface area contributed by atoms with Crippen molar-refractivity contribution in [1.82, 2.24) is 9.88 Å². The number of carbonyl (C=O) groups is 1. The Kier molecular flexibility index (Phi) is 4.43. The molecule has 8 heteroatoms. The van der Waals surface area contributed by atoms with Crippen molar-refractivity contribution >= 4 is 29.7 Å². The van der Waals surface area contributed by atoms with Crippen molar-refractivity contribution in [1.29, 1.82) is 0 Å². The zero-order valence-corrected chi connectivity index (χ0v) is 13.9. The summed E-state index contributed by atoms with van der Waals surface area (Å²) in [5.41, 5.74) is 6.78. The molecule has 122 valence electrons. The minimum atomic E-state index is 0. The van der Waals surface area contributed by atoms with Gasteiger partial charge in [-0.2, -0.15) is 0 Å². The van der Waals surface area contributed by atoms with Gasteiger partial charge in [0.1, 0.15) is 9.88 Å². The second-order valence-corrected chi connectivity index (χ2v) is 6.43. The van der Waals surface area contributed by atoms with Crippen LogP contribution in [-0.4, -0.2) is 41.7 Å². The van der Waals surface area contributed by atoms with Crippen molar-refractivity contribution in [3.8, 4) is 22.1 Å². The van der Waals surface area contributed by atoms with Gasteiger partial charge in [0.25, 0.3) is 5.91 Å². The summed E-state index contributed by atoms with van der Waals surface area (Å²) in [6.45, 7) is 1.59. The van der Waals surface area contributed by atoms with Crippen molar-refractivity contribution in [3.05, 3.63) is 29.3 Å². The molecule has 3 heterocycles. The number of likely N-dealkylation sites (tertiary alicyclic amines) is 1. The number of thiazole rings is 1. The Labute approximate surface area is 143 Å². The van der Waals surface area contributed by atoms with E-state index in [1.807, 2.05) is 18.2 Å². The molecule has 4 rings (SSSR count). The van der Waals surface area contributed by atoms with E-state index in [-0.39, 0.29) is 31.1 Å². The second kappa shape index (κ2) is 6.35. The number of nitrogens with zero attached hydrogens (tertiary/aromatic N) is 2. The van der Waals surface area contributed by atoms with Crippen LogP contribution in [0.2, 0.25) is 0 Å².